The highest BCUT2D eigenvalue weighted by molar-refractivity contribution is 7.89. The van der Waals surface area contributed by atoms with Gasteiger partial charge in [-0.05, 0) is 48.7 Å². The molecule has 0 aliphatic rings. The van der Waals surface area contributed by atoms with E-state index >= 15 is 0 Å². The molecule has 0 spiro atoms. The first kappa shape index (κ1) is 20.3. The molecule has 1 aromatic heterocycles. The number of anilines is 1. The van der Waals surface area contributed by atoms with Crippen molar-refractivity contribution in [2.45, 2.75) is 26.0 Å². The molecule has 0 aliphatic carbocycles. The Morgan fingerprint density at radius 2 is 1.86 bits per heavy atom. The van der Waals surface area contributed by atoms with E-state index < -0.39 is 9.84 Å². The number of aryl methyl sites for hydroxylation is 2. The number of sulfone groups is 1. The average molecular weight is 417 g/mol. The normalized spacial score (nSPS) is 11.6. The van der Waals surface area contributed by atoms with E-state index in [-0.39, 0.29) is 18.1 Å². The second-order valence-electron chi connectivity index (χ2n) is 6.91. The predicted molar refractivity (Wildman–Crippen MR) is 114 cm³/mol. The maximum atomic E-state index is 12.7. The number of pyridine rings is 1. The Balaban J connectivity index is 1.89. The maximum Gasteiger partial charge on any atom is 0.228 e. The molecule has 1 heterocycles. The zero-order valence-corrected chi connectivity index (χ0v) is 17.5. The Hall–Kier alpha value is -2.44. The lowest BCUT2D eigenvalue weighted by molar-refractivity contribution is -0.115. The first-order valence-corrected chi connectivity index (χ1v) is 11.2. The lowest BCUT2D eigenvalue weighted by Gasteiger charge is -2.14. The van der Waals surface area contributed by atoms with E-state index in [1.807, 2.05) is 38.1 Å². The summed E-state index contributed by atoms with van der Waals surface area (Å²) in [6.07, 6.45) is 1.29. The van der Waals surface area contributed by atoms with Gasteiger partial charge in [0.15, 0.2) is 9.84 Å². The summed E-state index contributed by atoms with van der Waals surface area (Å²) in [5.74, 6) is -0.421. The summed E-state index contributed by atoms with van der Waals surface area (Å²) in [6, 6.07) is 12.6. The van der Waals surface area contributed by atoms with E-state index in [4.69, 9.17) is 11.6 Å². The molecule has 3 aromatic rings. The molecule has 0 bridgehead atoms. The van der Waals surface area contributed by atoms with E-state index in [1.165, 1.54) is 0 Å². The maximum absolute atomic E-state index is 12.7. The van der Waals surface area contributed by atoms with Crippen molar-refractivity contribution >= 4 is 43.9 Å². The van der Waals surface area contributed by atoms with Crippen molar-refractivity contribution in [2.24, 2.45) is 0 Å². The smallest absolute Gasteiger partial charge is 0.228 e. The van der Waals surface area contributed by atoms with Crippen LogP contribution in [0.5, 0.6) is 0 Å². The highest BCUT2D eigenvalue weighted by Crippen LogP contribution is 2.25. The number of carbonyl (C=O) groups excluding carboxylic acids is 1. The first-order chi connectivity index (χ1) is 13.1. The van der Waals surface area contributed by atoms with Crippen LogP contribution in [0, 0.1) is 13.8 Å². The van der Waals surface area contributed by atoms with Crippen molar-refractivity contribution in [3.05, 3.63) is 69.9 Å². The molecular weight excluding hydrogens is 396 g/mol. The van der Waals surface area contributed by atoms with Crippen LogP contribution in [0.2, 0.25) is 5.02 Å². The summed E-state index contributed by atoms with van der Waals surface area (Å²) in [4.78, 5) is 17.3. The van der Waals surface area contributed by atoms with Crippen molar-refractivity contribution in [3.8, 4) is 0 Å². The van der Waals surface area contributed by atoms with Gasteiger partial charge in [0.25, 0.3) is 0 Å². The number of halogens is 1. The van der Waals surface area contributed by atoms with Crippen LogP contribution in [-0.4, -0.2) is 25.6 Å². The fraction of sp³-hybridized carbons (Fsp3) is 0.238. The number of nitrogens with zero attached hydrogens (tertiary/aromatic N) is 1. The molecule has 2 aromatic carbocycles. The molecule has 0 saturated heterocycles. The zero-order valence-electron chi connectivity index (χ0n) is 15.9. The molecule has 0 saturated carbocycles. The van der Waals surface area contributed by atoms with Crippen LogP contribution in [0.1, 0.15) is 22.4 Å². The molecule has 5 nitrogen and oxygen atoms in total. The number of hydrogen-bond donors (Lipinski definition) is 1. The minimum atomic E-state index is -3.25. The molecule has 0 atom stereocenters. The van der Waals surface area contributed by atoms with Crippen molar-refractivity contribution in [2.75, 3.05) is 11.6 Å². The third kappa shape index (κ3) is 4.69. The monoisotopic (exact) mass is 416 g/mol. The molecule has 0 unspecified atom stereocenters. The quantitative estimate of drug-likeness (QED) is 0.675. The third-order valence-electron chi connectivity index (χ3n) is 4.59. The minimum absolute atomic E-state index is 0.139. The molecule has 3 rings (SSSR count). The Morgan fingerprint density at radius 3 is 2.57 bits per heavy atom. The second kappa shape index (κ2) is 7.89. The van der Waals surface area contributed by atoms with Crippen molar-refractivity contribution in [1.29, 1.82) is 0 Å². The third-order valence-corrected chi connectivity index (χ3v) is 5.66. The van der Waals surface area contributed by atoms with Crippen LogP contribution in [0.15, 0.2) is 42.5 Å². The molecule has 0 fully saturated rings. The van der Waals surface area contributed by atoms with Gasteiger partial charge in [-0.15, -0.1) is 0 Å². The van der Waals surface area contributed by atoms with Gasteiger partial charge in [0.05, 0.1) is 17.7 Å². The van der Waals surface area contributed by atoms with Gasteiger partial charge in [0, 0.05) is 28.0 Å². The van der Waals surface area contributed by atoms with Gasteiger partial charge in [0.2, 0.25) is 5.91 Å². The van der Waals surface area contributed by atoms with Crippen LogP contribution < -0.4 is 5.32 Å². The van der Waals surface area contributed by atoms with Crippen molar-refractivity contribution in [1.82, 2.24) is 4.98 Å². The van der Waals surface area contributed by atoms with E-state index in [1.54, 1.807) is 18.2 Å². The van der Waals surface area contributed by atoms with Gasteiger partial charge >= 0.3 is 0 Å². The van der Waals surface area contributed by atoms with E-state index in [2.05, 4.69) is 10.3 Å². The molecule has 1 N–H and O–H groups in total. The van der Waals surface area contributed by atoms with Gasteiger partial charge in [-0.3, -0.25) is 9.78 Å². The molecule has 1 amide bonds. The fourth-order valence-corrected chi connectivity index (χ4v) is 4.25. The predicted octanol–water partition coefficient (Wildman–Crippen LogP) is 4.23. The highest BCUT2D eigenvalue weighted by atomic mass is 35.5. The second-order valence-corrected chi connectivity index (χ2v) is 9.49. The van der Waals surface area contributed by atoms with E-state index in [0.29, 0.717) is 16.3 Å². The highest BCUT2D eigenvalue weighted by Gasteiger charge is 2.16. The summed E-state index contributed by atoms with van der Waals surface area (Å²) < 4.78 is 23.3. The topological polar surface area (TPSA) is 76.1 Å². The number of para-hydroxylation sites is 1. The number of aromatic nitrogens is 1. The first-order valence-electron chi connectivity index (χ1n) is 8.75. The Kier molecular flexibility index (Phi) is 5.72. The molecule has 0 radical (unpaired) electrons. The molecule has 0 aliphatic heterocycles. The zero-order chi connectivity index (χ0) is 20.5. The van der Waals surface area contributed by atoms with Crippen LogP contribution in [0.4, 0.5) is 5.69 Å². The van der Waals surface area contributed by atoms with Gasteiger partial charge in [-0.1, -0.05) is 35.9 Å². The summed E-state index contributed by atoms with van der Waals surface area (Å²) in [6.45, 7) is 3.87. The molecule has 146 valence electrons. The van der Waals surface area contributed by atoms with Crippen molar-refractivity contribution < 1.29 is 13.2 Å². The van der Waals surface area contributed by atoms with Crippen LogP contribution in [-0.2, 0) is 26.8 Å². The largest absolute Gasteiger partial charge is 0.325 e. The minimum Gasteiger partial charge on any atom is -0.325 e. The standard InChI is InChI=1S/C21H21ClN2O3S/c1-13-17-6-4-5-7-19(17)23-14(2)18(13)11-21(25)24-20-10-16(22)9-8-15(20)12-28(3,26)27/h4-10H,11-12H2,1-3H3,(H,24,25). The Labute approximate surface area is 169 Å². The lowest BCUT2D eigenvalue weighted by Crippen LogP contribution is -2.18. The lowest BCUT2D eigenvalue weighted by atomic mass is 9.99. The number of amides is 1. The summed E-state index contributed by atoms with van der Waals surface area (Å²) in [7, 11) is -3.25. The Bertz CT molecular complexity index is 1170. The van der Waals surface area contributed by atoms with Crippen LogP contribution in [0.3, 0.4) is 0 Å². The van der Waals surface area contributed by atoms with E-state index in [9.17, 15) is 13.2 Å². The van der Waals surface area contributed by atoms with E-state index in [0.717, 1.165) is 34.0 Å². The molecular formula is C21H21ClN2O3S. The molecule has 28 heavy (non-hydrogen) atoms. The number of rotatable bonds is 5. The summed E-state index contributed by atoms with van der Waals surface area (Å²) >= 11 is 6.04. The SMILES string of the molecule is Cc1nc2ccccc2c(C)c1CC(=O)Nc1cc(Cl)ccc1CS(C)(=O)=O. The fourth-order valence-electron chi connectivity index (χ4n) is 3.26. The molecule has 7 heteroatoms. The van der Waals surface area contributed by atoms with Crippen LogP contribution in [0.25, 0.3) is 10.9 Å². The number of nitrogens with one attached hydrogen (secondary N) is 1. The van der Waals surface area contributed by atoms with Gasteiger partial charge in [-0.25, -0.2) is 8.42 Å². The number of hydrogen-bond acceptors (Lipinski definition) is 4. The summed E-state index contributed by atoms with van der Waals surface area (Å²) in [5.41, 5.74) is 4.49. The number of carbonyl (C=O) groups is 1. The average Bonchev–Trinajstić information content (AvgIpc) is 2.60. The number of benzene rings is 2. The van der Waals surface area contributed by atoms with Gasteiger partial charge in [-0.2, -0.15) is 0 Å². The Morgan fingerprint density at radius 1 is 1.14 bits per heavy atom. The van der Waals surface area contributed by atoms with Gasteiger partial charge in [0.1, 0.15) is 0 Å². The summed E-state index contributed by atoms with van der Waals surface area (Å²) in [5, 5.41) is 4.24. The van der Waals surface area contributed by atoms with Crippen molar-refractivity contribution in [3.63, 3.8) is 0 Å². The van der Waals surface area contributed by atoms with Crippen LogP contribution >= 0.6 is 11.6 Å². The number of fused-ring (bicyclic) bond motifs is 1. The van der Waals surface area contributed by atoms with Gasteiger partial charge < -0.3 is 5.32 Å².